The van der Waals surface area contributed by atoms with Gasteiger partial charge in [0.1, 0.15) is 18.0 Å². The third-order valence-electron chi connectivity index (χ3n) is 5.17. The maximum atomic E-state index is 12.2. The van der Waals surface area contributed by atoms with Crippen molar-refractivity contribution in [1.29, 1.82) is 0 Å². The minimum Gasteiger partial charge on any atom is -0.508 e. The molecule has 8 nitrogen and oxygen atoms in total. The van der Waals surface area contributed by atoms with Gasteiger partial charge in [-0.05, 0) is 29.3 Å². The normalized spacial score (nSPS) is 25.9. The van der Waals surface area contributed by atoms with Crippen molar-refractivity contribution in [2.45, 2.75) is 43.4 Å². The summed E-state index contributed by atoms with van der Waals surface area (Å²) in [5, 5.41) is 39.6. The van der Waals surface area contributed by atoms with Crippen LogP contribution in [0, 0.1) is 0 Å². The largest absolute Gasteiger partial charge is 0.508 e. The number of aliphatic hydroxyl groups excluding tert-OH is 2. The fraction of sp³-hybridized carbons (Fsp3) is 0.304. The zero-order chi connectivity index (χ0) is 22.4. The Kier molecular flexibility index (Phi) is 7.06. The number of ether oxygens (including phenoxy) is 2. The molecule has 31 heavy (non-hydrogen) atoms. The predicted octanol–water partition coefficient (Wildman–Crippen LogP) is 1.87. The van der Waals surface area contributed by atoms with E-state index in [4.69, 9.17) is 9.47 Å². The van der Waals surface area contributed by atoms with Crippen molar-refractivity contribution in [1.82, 2.24) is 0 Å². The Morgan fingerprint density at radius 1 is 1.03 bits per heavy atom. The molecule has 0 aliphatic heterocycles. The number of aliphatic carboxylic acids is 1. The molecule has 0 heterocycles. The Morgan fingerprint density at radius 2 is 1.71 bits per heavy atom. The molecule has 0 spiro atoms. The molecular weight excluding hydrogens is 404 g/mol. The fourth-order valence-corrected chi connectivity index (χ4v) is 3.43. The van der Waals surface area contributed by atoms with Crippen molar-refractivity contribution in [2.75, 3.05) is 0 Å². The summed E-state index contributed by atoms with van der Waals surface area (Å²) in [4.78, 5) is 24.3. The highest BCUT2D eigenvalue weighted by Crippen LogP contribution is 2.35. The highest BCUT2D eigenvalue weighted by Gasteiger charge is 2.52. The first-order valence-electron chi connectivity index (χ1n) is 9.74. The van der Waals surface area contributed by atoms with E-state index >= 15 is 0 Å². The predicted molar refractivity (Wildman–Crippen MR) is 110 cm³/mol. The molecule has 8 heteroatoms. The monoisotopic (exact) mass is 428 g/mol. The van der Waals surface area contributed by atoms with Crippen molar-refractivity contribution in [3.8, 4) is 5.75 Å². The average molecular weight is 428 g/mol. The van der Waals surface area contributed by atoms with Gasteiger partial charge in [0.25, 0.3) is 0 Å². The molecule has 1 saturated carbocycles. The van der Waals surface area contributed by atoms with E-state index in [1.54, 1.807) is 36.4 Å². The lowest BCUT2D eigenvalue weighted by Gasteiger charge is -2.41. The Morgan fingerprint density at radius 3 is 2.35 bits per heavy atom. The average Bonchev–Trinajstić information content (AvgIpc) is 2.76. The number of phenols is 1. The van der Waals surface area contributed by atoms with Crippen molar-refractivity contribution in [3.05, 3.63) is 71.8 Å². The summed E-state index contributed by atoms with van der Waals surface area (Å²) in [6.07, 6.45) is -2.25. The van der Waals surface area contributed by atoms with Crippen LogP contribution in [-0.4, -0.2) is 56.3 Å². The number of carboxylic acid groups (broad SMARTS) is 1. The zero-order valence-electron chi connectivity index (χ0n) is 16.6. The van der Waals surface area contributed by atoms with Crippen LogP contribution in [0.15, 0.2) is 60.7 Å². The number of aromatic hydroxyl groups is 1. The molecule has 4 N–H and O–H groups in total. The van der Waals surface area contributed by atoms with E-state index in [1.165, 1.54) is 18.2 Å². The second-order valence-electron chi connectivity index (χ2n) is 7.44. The zero-order valence-corrected chi connectivity index (χ0v) is 16.6. The number of benzene rings is 2. The maximum Gasteiger partial charge on any atom is 0.336 e. The van der Waals surface area contributed by atoms with Crippen molar-refractivity contribution in [2.24, 2.45) is 0 Å². The third kappa shape index (κ3) is 5.69. The molecule has 0 saturated heterocycles. The van der Waals surface area contributed by atoms with Crippen LogP contribution >= 0.6 is 0 Å². The first-order valence-corrected chi connectivity index (χ1v) is 9.74. The molecule has 0 radical (unpaired) electrons. The molecule has 2 aromatic carbocycles. The van der Waals surface area contributed by atoms with E-state index in [2.05, 4.69) is 0 Å². The Labute approximate surface area is 179 Å². The van der Waals surface area contributed by atoms with Gasteiger partial charge in [-0.15, -0.1) is 0 Å². The first-order chi connectivity index (χ1) is 14.8. The smallest absolute Gasteiger partial charge is 0.336 e. The van der Waals surface area contributed by atoms with Gasteiger partial charge < -0.3 is 29.9 Å². The fourth-order valence-electron chi connectivity index (χ4n) is 3.43. The number of rotatable bonds is 7. The number of carboxylic acids is 1. The molecule has 164 valence electrons. The van der Waals surface area contributed by atoms with Gasteiger partial charge in [-0.2, -0.15) is 0 Å². The first kappa shape index (κ1) is 22.5. The van der Waals surface area contributed by atoms with Crippen LogP contribution in [0.3, 0.4) is 0 Å². The van der Waals surface area contributed by atoms with Crippen LogP contribution in [-0.2, 0) is 25.7 Å². The Bertz CT molecular complexity index is 924. The van der Waals surface area contributed by atoms with Crippen LogP contribution in [0.2, 0.25) is 0 Å². The lowest BCUT2D eigenvalue weighted by molar-refractivity contribution is -0.209. The van der Waals surface area contributed by atoms with Crippen molar-refractivity contribution >= 4 is 18.0 Å². The molecule has 2 aromatic rings. The third-order valence-corrected chi connectivity index (χ3v) is 5.17. The molecule has 0 unspecified atom stereocenters. The van der Waals surface area contributed by atoms with Crippen LogP contribution < -0.4 is 0 Å². The Balaban J connectivity index is 1.70. The lowest BCUT2D eigenvalue weighted by Crippen LogP contribution is -2.58. The van der Waals surface area contributed by atoms with Gasteiger partial charge in [-0.3, -0.25) is 0 Å². The molecule has 3 rings (SSSR count). The topological polar surface area (TPSA) is 134 Å². The molecule has 1 fully saturated rings. The molecule has 1 aliphatic carbocycles. The number of hydrogen-bond donors (Lipinski definition) is 4. The Hall–Kier alpha value is -3.20. The molecule has 0 bridgehead atoms. The molecule has 0 amide bonds. The van der Waals surface area contributed by atoms with Gasteiger partial charge in [-0.1, -0.05) is 42.5 Å². The number of carbonyl (C=O) groups is 2. The highest BCUT2D eigenvalue weighted by molar-refractivity contribution is 5.87. The number of phenolic OH excluding ortho intramolecular Hbond substituents is 1. The summed E-state index contributed by atoms with van der Waals surface area (Å²) < 4.78 is 10.9. The maximum absolute atomic E-state index is 12.2. The lowest BCUT2D eigenvalue weighted by atomic mass is 9.79. The SMILES string of the molecule is O=C(/C=C/c1ccc(O)cc1)O[C@@H]1C[C@](OCc2ccccc2)(C(=O)O)C[C@@H](O)[C@H]1O. The van der Waals surface area contributed by atoms with E-state index in [9.17, 15) is 30.0 Å². The highest BCUT2D eigenvalue weighted by atomic mass is 16.6. The summed E-state index contributed by atoms with van der Waals surface area (Å²) >= 11 is 0. The second kappa shape index (κ2) is 9.74. The van der Waals surface area contributed by atoms with Crippen LogP contribution in [0.5, 0.6) is 5.75 Å². The standard InChI is InChI=1S/C23H24O8/c24-17-9-6-15(7-10-17)8-11-20(26)31-19-13-23(22(28)29,12-18(25)21(19)27)30-14-16-4-2-1-3-5-16/h1-11,18-19,21,24-25,27H,12-14H2,(H,28,29)/b11-8+/t18-,19-,21-,23+/m1/s1. The van der Waals surface area contributed by atoms with Gasteiger partial charge >= 0.3 is 11.9 Å². The molecular formula is C23H24O8. The van der Waals surface area contributed by atoms with Gasteiger partial charge in [0.2, 0.25) is 0 Å². The summed E-state index contributed by atoms with van der Waals surface area (Å²) in [6, 6.07) is 15.0. The van der Waals surface area contributed by atoms with E-state index in [0.717, 1.165) is 11.6 Å². The van der Waals surface area contributed by atoms with Crippen molar-refractivity contribution in [3.63, 3.8) is 0 Å². The van der Waals surface area contributed by atoms with Crippen LogP contribution in [0.1, 0.15) is 24.0 Å². The van der Waals surface area contributed by atoms with Gasteiger partial charge in [-0.25, -0.2) is 9.59 Å². The number of carbonyl (C=O) groups excluding carboxylic acids is 1. The van der Waals surface area contributed by atoms with Gasteiger partial charge in [0.15, 0.2) is 5.60 Å². The van der Waals surface area contributed by atoms with E-state index < -0.39 is 35.9 Å². The van der Waals surface area contributed by atoms with Crippen LogP contribution in [0.25, 0.3) is 6.08 Å². The van der Waals surface area contributed by atoms with Crippen LogP contribution in [0.4, 0.5) is 0 Å². The summed E-state index contributed by atoms with van der Waals surface area (Å²) in [5.41, 5.74) is -0.445. The molecule has 0 aromatic heterocycles. The minimum atomic E-state index is -1.82. The summed E-state index contributed by atoms with van der Waals surface area (Å²) in [7, 11) is 0. The quantitative estimate of drug-likeness (QED) is 0.388. The summed E-state index contributed by atoms with van der Waals surface area (Å²) in [5.74, 6) is -2.04. The molecule has 4 atom stereocenters. The number of esters is 1. The number of hydrogen-bond acceptors (Lipinski definition) is 7. The van der Waals surface area contributed by atoms with E-state index in [1.807, 2.05) is 6.07 Å². The minimum absolute atomic E-state index is 0.0165. The molecule has 1 aliphatic rings. The summed E-state index contributed by atoms with van der Waals surface area (Å²) in [6.45, 7) is -0.0165. The van der Waals surface area contributed by atoms with Crippen molar-refractivity contribution < 1.29 is 39.5 Å². The van der Waals surface area contributed by atoms with E-state index in [0.29, 0.717) is 5.56 Å². The van der Waals surface area contributed by atoms with Gasteiger partial charge in [0, 0.05) is 18.9 Å². The van der Waals surface area contributed by atoms with E-state index in [-0.39, 0.29) is 25.2 Å². The van der Waals surface area contributed by atoms with Gasteiger partial charge in [0.05, 0.1) is 12.7 Å². The second-order valence-corrected chi connectivity index (χ2v) is 7.44. The number of aliphatic hydroxyl groups is 2.